The first-order valence-corrected chi connectivity index (χ1v) is 15.0. The second-order valence-electron chi connectivity index (χ2n) is 11.3. The van der Waals surface area contributed by atoms with Crippen LogP contribution >= 0.6 is 0 Å². The van der Waals surface area contributed by atoms with Gasteiger partial charge in [0.1, 0.15) is 6.61 Å². The first-order chi connectivity index (χ1) is 21.1. The number of hydrogen-bond acceptors (Lipinski definition) is 5. The van der Waals surface area contributed by atoms with Gasteiger partial charge in [0.25, 0.3) is 0 Å². The lowest BCUT2D eigenvalue weighted by Gasteiger charge is -2.34. The smallest absolute Gasteiger partial charge is 0.418 e. The molecule has 0 saturated carbocycles. The van der Waals surface area contributed by atoms with Gasteiger partial charge in [-0.05, 0) is 61.5 Å². The molecule has 0 aliphatic carbocycles. The third-order valence-corrected chi connectivity index (χ3v) is 8.25. The lowest BCUT2D eigenvalue weighted by atomic mass is 9.97. The Morgan fingerprint density at radius 2 is 1.28 bits per heavy atom. The Kier molecular flexibility index (Phi) is 8.99. The molecule has 7 nitrogen and oxygen atoms in total. The van der Waals surface area contributed by atoms with E-state index in [1.807, 2.05) is 97.1 Å². The molecular weight excluding hydrogens is 538 g/mol. The van der Waals surface area contributed by atoms with Crippen LogP contribution < -0.4 is 5.32 Å². The van der Waals surface area contributed by atoms with Crippen LogP contribution in [0.3, 0.4) is 0 Å². The summed E-state index contributed by atoms with van der Waals surface area (Å²) in [4.78, 5) is 28.4. The lowest BCUT2D eigenvalue weighted by Crippen LogP contribution is -2.47. The number of ether oxygens (including phenoxy) is 2. The number of nitrogens with zero attached hydrogens (tertiary/aromatic N) is 2. The predicted octanol–water partition coefficient (Wildman–Crippen LogP) is 7.03. The predicted molar refractivity (Wildman–Crippen MR) is 169 cm³/mol. The minimum absolute atomic E-state index is 0.0876. The molecule has 0 radical (unpaired) electrons. The third kappa shape index (κ3) is 7.07. The topological polar surface area (TPSA) is 72.8 Å². The molecule has 4 aromatic carbocycles. The Morgan fingerprint density at radius 1 is 0.721 bits per heavy atom. The number of nitrogens with one attached hydrogen (secondary N) is 1. The van der Waals surface area contributed by atoms with Crippen LogP contribution in [0.25, 0.3) is 21.8 Å². The summed E-state index contributed by atoms with van der Waals surface area (Å²) in [6.07, 6.45) is 1.84. The highest BCUT2D eigenvalue weighted by atomic mass is 16.6. The highest BCUT2D eigenvalue weighted by Gasteiger charge is 2.25. The molecule has 1 N–H and O–H groups in total. The maximum absolute atomic E-state index is 13.3. The van der Waals surface area contributed by atoms with E-state index in [0.29, 0.717) is 12.5 Å². The van der Waals surface area contributed by atoms with Crippen molar-refractivity contribution in [2.45, 2.75) is 31.9 Å². The molecule has 0 bridgehead atoms. The Balaban J connectivity index is 1.03. The molecule has 6 rings (SSSR count). The number of alkyl carbamates (subject to hydrolysis) is 1. The summed E-state index contributed by atoms with van der Waals surface area (Å²) in [7, 11) is 0. The van der Waals surface area contributed by atoms with Crippen LogP contribution in [-0.2, 0) is 22.5 Å². The minimum atomic E-state index is -0.406. The van der Waals surface area contributed by atoms with Crippen molar-refractivity contribution in [3.8, 4) is 0 Å². The highest BCUT2D eigenvalue weighted by molar-refractivity contribution is 6.12. The van der Waals surface area contributed by atoms with Crippen molar-refractivity contribution < 1.29 is 19.1 Å². The summed E-state index contributed by atoms with van der Waals surface area (Å²) >= 11 is 0. The van der Waals surface area contributed by atoms with Crippen molar-refractivity contribution in [1.29, 1.82) is 0 Å². The van der Waals surface area contributed by atoms with E-state index in [1.165, 1.54) is 5.56 Å². The largest absolute Gasteiger partial charge is 0.449 e. The van der Waals surface area contributed by atoms with Crippen molar-refractivity contribution in [2.24, 2.45) is 5.92 Å². The molecule has 1 atom stereocenters. The third-order valence-electron chi connectivity index (χ3n) is 8.25. The number of likely N-dealkylation sites (tertiary alicyclic amines) is 1. The number of rotatable bonds is 9. The molecule has 1 amide bonds. The van der Waals surface area contributed by atoms with Crippen LogP contribution in [0.5, 0.6) is 0 Å². The number of carbonyl (C=O) groups excluding carboxylic acids is 2. The fourth-order valence-corrected chi connectivity index (χ4v) is 6.01. The van der Waals surface area contributed by atoms with Crippen molar-refractivity contribution in [2.75, 3.05) is 26.2 Å². The minimum Gasteiger partial charge on any atom is -0.449 e. The fourth-order valence-electron chi connectivity index (χ4n) is 6.01. The van der Waals surface area contributed by atoms with Gasteiger partial charge in [0.05, 0.1) is 17.6 Å². The second kappa shape index (κ2) is 13.6. The number of piperidine rings is 1. The van der Waals surface area contributed by atoms with Gasteiger partial charge in [-0.1, -0.05) is 97.1 Å². The summed E-state index contributed by atoms with van der Waals surface area (Å²) in [5.74, 6) is 0.296. The maximum Gasteiger partial charge on any atom is 0.418 e. The lowest BCUT2D eigenvalue weighted by molar-refractivity contribution is 0.0932. The van der Waals surface area contributed by atoms with E-state index in [-0.39, 0.29) is 18.7 Å². The SMILES string of the molecule is O=C(N[C@@H](Cc1ccccc1)CN1CCC(COC(=O)n2c3ccccc3c3ccccc32)CC1)OCc1ccccc1. The van der Waals surface area contributed by atoms with Gasteiger partial charge >= 0.3 is 12.2 Å². The molecular formula is C36H37N3O4. The molecule has 1 aromatic heterocycles. The van der Waals surface area contributed by atoms with Crippen LogP contribution in [0, 0.1) is 5.92 Å². The van der Waals surface area contributed by atoms with E-state index < -0.39 is 6.09 Å². The molecule has 1 saturated heterocycles. The Labute approximate surface area is 252 Å². The van der Waals surface area contributed by atoms with Gasteiger partial charge in [0, 0.05) is 23.4 Å². The van der Waals surface area contributed by atoms with Crippen molar-refractivity contribution in [3.05, 3.63) is 120 Å². The summed E-state index contributed by atoms with van der Waals surface area (Å²) in [5, 5.41) is 5.20. The zero-order valence-corrected chi connectivity index (χ0v) is 24.2. The van der Waals surface area contributed by atoms with Gasteiger partial charge in [0.2, 0.25) is 0 Å². The second-order valence-corrected chi connectivity index (χ2v) is 11.3. The standard InChI is InChI=1S/C36H37N3O4/c40-35(42-25-28-13-5-2-6-14-28)37-30(23-27-11-3-1-4-12-27)24-38-21-19-29(20-22-38)26-43-36(41)39-33-17-9-7-15-31(33)32-16-8-10-18-34(32)39/h1-18,29-30H,19-26H2,(H,37,40)/t30-/m0/s1. The van der Waals surface area contributed by atoms with E-state index in [2.05, 4.69) is 22.3 Å². The molecule has 0 unspecified atom stereocenters. The zero-order valence-electron chi connectivity index (χ0n) is 24.2. The number of amides is 1. The Hall–Kier alpha value is -4.62. The average molecular weight is 576 g/mol. The summed E-state index contributed by atoms with van der Waals surface area (Å²) in [5.41, 5.74) is 3.85. The van der Waals surface area contributed by atoms with E-state index in [9.17, 15) is 9.59 Å². The maximum atomic E-state index is 13.3. The van der Waals surface area contributed by atoms with Crippen molar-refractivity contribution in [3.63, 3.8) is 0 Å². The number of carbonyl (C=O) groups is 2. The molecule has 7 heteroatoms. The monoisotopic (exact) mass is 575 g/mol. The van der Waals surface area contributed by atoms with Gasteiger partial charge < -0.3 is 19.7 Å². The number of para-hydroxylation sites is 2. The Bertz CT molecular complexity index is 1610. The number of hydrogen-bond donors (Lipinski definition) is 1. The normalized spacial score (nSPS) is 14.9. The van der Waals surface area contributed by atoms with Crippen LogP contribution in [0.1, 0.15) is 24.0 Å². The molecule has 1 aliphatic heterocycles. The molecule has 220 valence electrons. The van der Waals surface area contributed by atoms with E-state index in [4.69, 9.17) is 9.47 Å². The molecule has 2 heterocycles. The van der Waals surface area contributed by atoms with Crippen LogP contribution in [-0.4, -0.2) is 53.9 Å². The Morgan fingerprint density at radius 3 is 1.91 bits per heavy atom. The molecule has 1 fully saturated rings. The average Bonchev–Trinajstić information content (AvgIpc) is 3.39. The van der Waals surface area contributed by atoms with Gasteiger partial charge in [0.15, 0.2) is 0 Å². The summed E-state index contributed by atoms with van der Waals surface area (Å²) < 4.78 is 13.1. The number of aromatic nitrogens is 1. The van der Waals surface area contributed by atoms with Crippen LogP contribution in [0.4, 0.5) is 9.59 Å². The number of benzene rings is 4. The van der Waals surface area contributed by atoms with Gasteiger partial charge in [-0.15, -0.1) is 0 Å². The molecule has 1 aliphatic rings. The first-order valence-electron chi connectivity index (χ1n) is 15.0. The van der Waals surface area contributed by atoms with Crippen LogP contribution in [0.15, 0.2) is 109 Å². The summed E-state index contributed by atoms with van der Waals surface area (Å²) in [6, 6.07) is 35.7. The highest BCUT2D eigenvalue weighted by Crippen LogP contribution is 2.29. The fraction of sp³-hybridized carbons (Fsp3) is 0.278. The zero-order chi connectivity index (χ0) is 29.4. The van der Waals surface area contributed by atoms with E-state index in [1.54, 1.807) is 4.57 Å². The first kappa shape index (κ1) is 28.5. The van der Waals surface area contributed by atoms with E-state index >= 15 is 0 Å². The molecule has 43 heavy (non-hydrogen) atoms. The quantitative estimate of drug-likeness (QED) is 0.204. The van der Waals surface area contributed by atoms with Gasteiger partial charge in [-0.2, -0.15) is 0 Å². The van der Waals surface area contributed by atoms with Gasteiger partial charge in [-0.3, -0.25) is 0 Å². The van der Waals surface area contributed by atoms with E-state index in [0.717, 1.165) is 66.3 Å². The van der Waals surface area contributed by atoms with Crippen LogP contribution in [0.2, 0.25) is 0 Å². The summed E-state index contributed by atoms with van der Waals surface area (Å²) in [6.45, 7) is 3.12. The van der Waals surface area contributed by atoms with Crippen molar-refractivity contribution >= 4 is 34.0 Å². The van der Waals surface area contributed by atoms with Gasteiger partial charge in [-0.25, -0.2) is 14.2 Å². The molecule has 0 spiro atoms. The van der Waals surface area contributed by atoms with Crippen molar-refractivity contribution in [1.82, 2.24) is 14.8 Å². The number of fused-ring (bicyclic) bond motifs is 3. The molecule has 5 aromatic rings.